The van der Waals surface area contributed by atoms with Gasteiger partial charge in [0.25, 0.3) is 0 Å². The molecule has 0 atom stereocenters. The molecule has 0 spiro atoms. The lowest BCUT2D eigenvalue weighted by atomic mass is 10.3. The van der Waals surface area contributed by atoms with Gasteiger partial charge in [-0.2, -0.15) is 13.2 Å². The quantitative estimate of drug-likeness (QED) is 0.611. The van der Waals surface area contributed by atoms with Gasteiger partial charge in [-0.15, -0.1) is 11.8 Å². The van der Waals surface area contributed by atoms with Crippen molar-refractivity contribution in [1.82, 2.24) is 4.98 Å². The average molecular weight is 251 g/mol. The minimum absolute atomic E-state index is 0.0896. The van der Waals surface area contributed by atoms with Crippen LogP contribution in [0.2, 0.25) is 0 Å². The number of pyridine rings is 1. The zero-order valence-electron chi connectivity index (χ0n) is 8.25. The third kappa shape index (κ3) is 3.73. The Kier molecular flexibility index (Phi) is 4.17. The number of alkyl halides is 3. The molecule has 88 valence electrons. The predicted molar refractivity (Wildman–Crippen MR) is 52.4 cm³/mol. The molecule has 1 heterocycles. The zero-order chi connectivity index (χ0) is 12.2. The van der Waals surface area contributed by atoms with Crippen LogP contribution in [-0.2, 0) is 4.74 Å². The molecule has 0 aliphatic carbocycles. The minimum atomic E-state index is -4.28. The summed E-state index contributed by atoms with van der Waals surface area (Å²) in [5, 5.41) is 0. The standard InChI is InChI=1S/C9H8F3NO2S/c1-15-8(14)6-2-3-13-4-7(6)16-5-9(10,11)12/h2-4H,5H2,1H3. The van der Waals surface area contributed by atoms with E-state index in [-0.39, 0.29) is 10.5 Å². The first kappa shape index (κ1) is 12.8. The zero-order valence-corrected chi connectivity index (χ0v) is 9.06. The summed E-state index contributed by atoms with van der Waals surface area (Å²) in [6.45, 7) is 0. The van der Waals surface area contributed by atoms with Crippen molar-refractivity contribution >= 4 is 17.7 Å². The first-order chi connectivity index (χ1) is 7.44. The van der Waals surface area contributed by atoms with Crippen LogP contribution in [0.25, 0.3) is 0 Å². The second kappa shape index (κ2) is 5.20. The number of carbonyl (C=O) groups excluding carboxylic acids is 1. The van der Waals surface area contributed by atoms with Crippen LogP contribution < -0.4 is 0 Å². The Morgan fingerprint density at radius 1 is 1.56 bits per heavy atom. The monoisotopic (exact) mass is 251 g/mol. The van der Waals surface area contributed by atoms with E-state index < -0.39 is 17.9 Å². The van der Waals surface area contributed by atoms with E-state index >= 15 is 0 Å². The molecule has 16 heavy (non-hydrogen) atoms. The Labute approximate surface area is 94.0 Å². The van der Waals surface area contributed by atoms with Crippen LogP contribution in [0.3, 0.4) is 0 Å². The van der Waals surface area contributed by atoms with Crippen LogP contribution >= 0.6 is 11.8 Å². The number of thioether (sulfide) groups is 1. The lowest BCUT2D eigenvalue weighted by Gasteiger charge is -2.08. The molecule has 0 saturated carbocycles. The molecule has 0 aromatic carbocycles. The molecule has 7 heteroatoms. The van der Waals surface area contributed by atoms with E-state index in [9.17, 15) is 18.0 Å². The average Bonchev–Trinajstić information content (AvgIpc) is 2.25. The van der Waals surface area contributed by atoms with Gasteiger partial charge in [-0.25, -0.2) is 4.79 Å². The Balaban J connectivity index is 2.83. The first-order valence-corrected chi connectivity index (χ1v) is 5.14. The second-order valence-corrected chi connectivity index (χ2v) is 3.78. The lowest BCUT2D eigenvalue weighted by molar-refractivity contribution is -0.105. The van der Waals surface area contributed by atoms with E-state index in [1.165, 1.54) is 25.6 Å². The molecule has 1 rings (SSSR count). The molecule has 0 unspecified atom stereocenters. The van der Waals surface area contributed by atoms with Gasteiger partial charge in [0.15, 0.2) is 0 Å². The van der Waals surface area contributed by atoms with Crippen molar-refractivity contribution in [3.05, 3.63) is 24.0 Å². The maximum atomic E-state index is 12.0. The normalized spacial score (nSPS) is 11.2. The Morgan fingerprint density at radius 2 is 2.25 bits per heavy atom. The van der Waals surface area contributed by atoms with Gasteiger partial charge >= 0.3 is 12.1 Å². The van der Waals surface area contributed by atoms with Crippen molar-refractivity contribution in [3.63, 3.8) is 0 Å². The van der Waals surface area contributed by atoms with E-state index in [1.54, 1.807) is 0 Å². The summed E-state index contributed by atoms with van der Waals surface area (Å²) in [5.41, 5.74) is 0.0896. The molecular formula is C9H8F3NO2S. The van der Waals surface area contributed by atoms with E-state index in [2.05, 4.69) is 9.72 Å². The maximum Gasteiger partial charge on any atom is 0.398 e. The van der Waals surface area contributed by atoms with Crippen molar-refractivity contribution < 1.29 is 22.7 Å². The molecule has 0 fully saturated rings. The van der Waals surface area contributed by atoms with Crippen molar-refractivity contribution in [2.45, 2.75) is 11.1 Å². The number of nitrogens with zero attached hydrogens (tertiary/aromatic N) is 1. The summed E-state index contributed by atoms with van der Waals surface area (Å²) in [4.78, 5) is 15.0. The molecular weight excluding hydrogens is 243 g/mol. The topological polar surface area (TPSA) is 39.2 Å². The highest BCUT2D eigenvalue weighted by Crippen LogP contribution is 2.29. The molecule has 0 aliphatic heterocycles. The van der Waals surface area contributed by atoms with Crippen molar-refractivity contribution in [3.8, 4) is 0 Å². The molecule has 1 aromatic rings. The molecule has 0 radical (unpaired) electrons. The maximum absolute atomic E-state index is 12.0. The smallest absolute Gasteiger partial charge is 0.398 e. The number of ether oxygens (including phenoxy) is 1. The van der Waals surface area contributed by atoms with Gasteiger partial charge < -0.3 is 4.74 Å². The van der Waals surface area contributed by atoms with E-state index in [4.69, 9.17) is 0 Å². The Morgan fingerprint density at radius 3 is 2.81 bits per heavy atom. The van der Waals surface area contributed by atoms with Crippen LogP contribution in [0.15, 0.2) is 23.4 Å². The third-order valence-electron chi connectivity index (χ3n) is 1.58. The van der Waals surface area contributed by atoms with E-state index in [0.717, 1.165) is 0 Å². The number of hydrogen-bond acceptors (Lipinski definition) is 4. The summed E-state index contributed by atoms with van der Waals surface area (Å²) >= 11 is 0.509. The summed E-state index contributed by atoms with van der Waals surface area (Å²) in [6, 6.07) is 1.32. The van der Waals surface area contributed by atoms with Gasteiger partial charge in [0, 0.05) is 17.3 Å². The molecule has 3 nitrogen and oxygen atoms in total. The number of carbonyl (C=O) groups is 1. The van der Waals surface area contributed by atoms with Gasteiger partial charge in [-0.3, -0.25) is 4.98 Å². The van der Waals surface area contributed by atoms with Crippen LogP contribution in [0.5, 0.6) is 0 Å². The van der Waals surface area contributed by atoms with Crippen molar-refractivity contribution in [2.75, 3.05) is 12.9 Å². The molecule has 0 saturated heterocycles. The summed E-state index contributed by atoms with van der Waals surface area (Å²) in [7, 11) is 1.17. The molecule has 0 bridgehead atoms. The molecule has 0 aliphatic rings. The minimum Gasteiger partial charge on any atom is -0.465 e. The van der Waals surface area contributed by atoms with Gasteiger partial charge in [0.05, 0.1) is 18.4 Å². The number of hydrogen-bond donors (Lipinski definition) is 0. The highest BCUT2D eigenvalue weighted by molar-refractivity contribution is 7.99. The number of rotatable bonds is 3. The Hall–Kier alpha value is -1.24. The number of esters is 1. The Bertz CT molecular complexity index is 381. The first-order valence-electron chi connectivity index (χ1n) is 4.16. The molecule has 1 aromatic heterocycles. The van der Waals surface area contributed by atoms with Crippen molar-refractivity contribution in [1.29, 1.82) is 0 Å². The van der Waals surface area contributed by atoms with E-state index in [0.29, 0.717) is 11.8 Å². The third-order valence-corrected chi connectivity index (χ3v) is 2.69. The van der Waals surface area contributed by atoms with E-state index in [1.807, 2.05) is 0 Å². The fourth-order valence-electron chi connectivity index (χ4n) is 0.933. The van der Waals surface area contributed by atoms with Crippen molar-refractivity contribution in [2.24, 2.45) is 0 Å². The van der Waals surface area contributed by atoms with Crippen LogP contribution in [-0.4, -0.2) is 30.0 Å². The van der Waals surface area contributed by atoms with Crippen LogP contribution in [0, 0.1) is 0 Å². The van der Waals surface area contributed by atoms with Gasteiger partial charge in [-0.05, 0) is 6.07 Å². The van der Waals surface area contributed by atoms with Gasteiger partial charge in [-0.1, -0.05) is 0 Å². The SMILES string of the molecule is COC(=O)c1ccncc1SCC(F)(F)F. The fraction of sp³-hybridized carbons (Fsp3) is 0.333. The fourth-order valence-corrected chi connectivity index (χ4v) is 1.69. The molecule has 0 N–H and O–H groups in total. The van der Waals surface area contributed by atoms with Crippen LogP contribution in [0.4, 0.5) is 13.2 Å². The highest BCUT2D eigenvalue weighted by atomic mass is 32.2. The number of methoxy groups -OCH3 is 1. The predicted octanol–water partition coefficient (Wildman–Crippen LogP) is 2.52. The van der Waals surface area contributed by atoms with Gasteiger partial charge in [0.2, 0.25) is 0 Å². The number of aromatic nitrogens is 1. The highest BCUT2D eigenvalue weighted by Gasteiger charge is 2.28. The largest absolute Gasteiger partial charge is 0.465 e. The lowest BCUT2D eigenvalue weighted by Crippen LogP contribution is -2.11. The van der Waals surface area contributed by atoms with Gasteiger partial charge in [0.1, 0.15) is 0 Å². The molecule has 0 amide bonds. The van der Waals surface area contributed by atoms with Crippen LogP contribution in [0.1, 0.15) is 10.4 Å². The number of halogens is 3. The summed E-state index contributed by atoms with van der Waals surface area (Å²) < 4.78 is 40.4. The summed E-state index contributed by atoms with van der Waals surface area (Å²) in [5.74, 6) is -1.74. The second-order valence-electron chi connectivity index (χ2n) is 2.77. The summed E-state index contributed by atoms with van der Waals surface area (Å²) in [6.07, 6.45) is -1.75.